The number of aryl methyl sites for hydroxylation is 1. The van der Waals surface area contributed by atoms with Crippen LogP contribution >= 0.6 is 0 Å². The molecule has 0 heterocycles. The molecule has 0 aromatic heterocycles. The lowest BCUT2D eigenvalue weighted by Gasteiger charge is -2.21. The molecule has 3 nitrogen and oxygen atoms in total. The first-order valence-corrected chi connectivity index (χ1v) is 7.63. The summed E-state index contributed by atoms with van der Waals surface area (Å²) in [4.78, 5) is 11.9. The van der Waals surface area contributed by atoms with Gasteiger partial charge in [-0.15, -0.1) is 0 Å². The molecule has 0 aliphatic heterocycles. The average Bonchev–Trinajstić information content (AvgIpc) is 2.45. The first-order chi connectivity index (χ1) is 9.52. The Bertz CT molecular complexity index is 391. The van der Waals surface area contributed by atoms with Crippen LogP contribution in [0.4, 0.5) is 0 Å². The number of rotatable bonds is 8. The fourth-order valence-electron chi connectivity index (χ4n) is 2.08. The number of benzene rings is 1. The summed E-state index contributed by atoms with van der Waals surface area (Å²) in [5, 5.41) is 6.37. The van der Waals surface area contributed by atoms with Gasteiger partial charge in [-0.2, -0.15) is 0 Å². The summed E-state index contributed by atoms with van der Waals surface area (Å²) in [6.07, 6.45) is 3.03. The van der Waals surface area contributed by atoms with E-state index >= 15 is 0 Å². The Morgan fingerprint density at radius 2 is 1.75 bits per heavy atom. The van der Waals surface area contributed by atoms with Gasteiger partial charge in [0, 0.05) is 12.1 Å². The van der Waals surface area contributed by atoms with Gasteiger partial charge in [0.1, 0.15) is 0 Å². The molecule has 0 fully saturated rings. The standard InChI is InChI=1S/C17H28N2O/c1-5-13(2)19-17(20)15(4)18-14(3)11-12-16-9-7-6-8-10-16/h6-10,13-15,18H,5,11-12H2,1-4H3,(H,19,20). The molecule has 112 valence electrons. The number of nitrogens with one attached hydrogen (secondary N) is 2. The smallest absolute Gasteiger partial charge is 0.237 e. The quantitative estimate of drug-likeness (QED) is 0.766. The lowest BCUT2D eigenvalue weighted by Crippen LogP contribution is -2.48. The number of amides is 1. The Balaban J connectivity index is 2.30. The summed E-state index contributed by atoms with van der Waals surface area (Å²) in [6.45, 7) is 8.17. The van der Waals surface area contributed by atoms with Crippen LogP contribution in [-0.4, -0.2) is 24.0 Å². The van der Waals surface area contributed by atoms with E-state index in [-0.39, 0.29) is 18.0 Å². The molecule has 1 amide bonds. The van der Waals surface area contributed by atoms with Gasteiger partial charge in [-0.25, -0.2) is 0 Å². The van der Waals surface area contributed by atoms with Crippen molar-refractivity contribution < 1.29 is 4.79 Å². The molecule has 0 radical (unpaired) electrons. The highest BCUT2D eigenvalue weighted by Crippen LogP contribution is 2.05. The third-order valence-corrected chi connectivity index (χ3v) is 3.64. The van der Waals surface area contributed by atoms with Crippen molar-refractivity contribution >= 4 is 5.91 Å². The molecule has 3 unspecified atom stereocenters. The molecule has 3 atom stereocenters. The monoisotopic (exact) mass is 276 g/mol. The van der Waals surface area contributed by atoms with Crippen LogP contribution in [0.2, 0.25) is 0 Å². The largest absolute Gasteiger partial charge is 0.352 e. The molecule has 3 heteroatoms. The van der Waals surface area contributed by atoms with Crippen LogP contribution in [-0.2, 0) is 11.2 Å². The number of hydrogen-bond donors (Lipinski definition) is 2. The molecule has 0 saturated heterocycles. The third-order valence-electron chi connectivity index (χ3n) is 3.64. The highest BCUT2D eigenvalue weighted by atomic mass is 16.2. The zero-order valence-corrected chi connectivity index (χ0v) is 13.1. The first-order valence-electron chi connectivity index (χ1n) is 7.63. The van der Waals surface area contributed by atoms with E-state index in [1.807, 2.05) is 19.9 Å². The minimum absolute atomic E-state index is 0.0888. The number of carbonyl (C=O) groups is 1. The topological polar surface area (TPSA) is 41.1 Å². The molecule has 0 bridgehead atoms. The Kier molecular flexibility index (Phi) is 7.31. The fourth-order valence-corrected chi connectivity index (χ4v) is 2.08. The molecular weight excluding hydrogens is 248 g/mol. The average molecular weight is 276 g/mol. The Morgan fingerprint density at radius 3 is 2.35 bits per heavy atom. The van der Waals surface area contributed by atoms with Crippen molar-refractivity contribution in [1.82, 2.24) is 10.6 Å². The van der Waals surface area contributed by atoms with Crippen molar-refractivity contribution in [3.63, 3.8) is 0 Å². The van der Waals surface area contributed by atoms with Crippen molar-refractivity contribution in [2.45, 2.75) is 65.1 Å². The summed E-state index contributed by atoms with van der Waals surface area (Å²) < 4.78 is 0. The predicted octanol–water partition coefficient (Wildman–Crippen LogP) is 2.90. The van der Waals surface area contributed by atoms with Crippen LogP contribution < -0.4 is 10.6 Å². The molecule has 1 rings (SSSR count). The second-order valence-electron chi connectivity index (χ2n) is 5.63. The summed E-state index contributed by atoms with van der Waals surface area (Å²) in [5.74, 6) is 0.0888. The van der Waals surface area contributed by atoms with E-state index in [0.29, 0.717) is 6.04 Å². The summed E-state index contributed by atoms with van der Waals surface area (Å²) in [7, 11) is 0. The number of carbonyl (C=O) groups excluding carboxylic acids is 1. The number of hydrogen-bond acceptors (Lipinski definition) is 2. The SMILES string of the molecule is CCC(C)NC(=O)C(C)NC(C)CCc1ccccc1. The Hall–Kier alpha value is -1.35. The fraction of sp³-hybridized carbons (Fsp3) is 0.588. The summed E-state index contributed by atoms with van der Waals surface area (Å²) in [6, 6.07) is 10.9. The molecule has 0 saturated carbocycles. The van der Waals surface area contributed by atoms with Crippen molar-refractivity contribution in [2.75, 3.05) is 0 Å². The molecule has 1 aromatic rings. The maximum atomic E-state index is 11.9. The van der Waals surface area contributed by atoms with Gasteiger partial charge in [-0.3, -0.25) is 4.79 Å². The maximum Gasteiger partial charge on any atom is 0.237 e. The van der Waals surface area contributed by atoms with Crippen molar-refractivity contribution in [1.29, 1.82) is 0 Å². The van der Waals surface area contributed by atoms with E-state index in [1.165, 1.54) is 5.56 Å². The highest BCUT2D eigenvalue weighted by Gasteiger charge is 2.16. The van der Waals surface area contributed by atoms with E-state index in [1.54, 1.807) is 0 Å². The van der Waals surface area contributed by atoms with Gasteiger partial charge in [0.2, 0.25) is 5.91 Å². The zero-order chi connectivity index (χ0) is 15.0. The molecule has 0 aliphatic carbocycles. The maximum absolute atomic E-state index is 11.9. The predicted molar refractivity (Wildman–Crippen MR) is 84.7 cm³/mol. The first kappa shape index (κ1) is 16.7. The van der Waals surface area contributed by atoms with Crippen LogP contribution in [0.1, 0.15) is 46.1 Å². The molecule has 20 heavy (non-hydrogen) atoms. The molecule has 2 N–H and O–H groups in total. The van der Waals surface area contributed by atoms with Gasteiger partial charge in [0.25, 0.3) is 0 Å². The van der Waals surface area contributed by atoms with E-state index in [2.05, 4.69) is 48.7 Å². The second-order valence-corrected chi connectivity index (χ2v) is 5.63. The van der Waals surface area contributed by atoms with Crippen LogP contribution in [0.15, 0.2) is 30.3 Å². The summed E-state index contributed by atoms with van der Waals surface area (Å²) in [5.41, 5.74) is 1.35. The van der Waals surface area contributed by atoms with Crippen LogP contribution in [0.3, 0.4) is 0 Å². The van der Waals surface area contributed by atoms with Crippen LogP contribution in [0, 0.1) is 0 Å². The molecule has 0 aliphatic rings. The van der Waals surface area contributed by atoms with Crippen molar-refractivity contribution in [3.8, 4) is 0 Å². The van der Waals surface area contributed by atoms with Gasteiger partial charge in [-0.05, 0) is 45.6 Å². The van der Waals surface area contributed by atoms with E-state index in [9.17, 15) is 4.79 Å². The van der Waals surface area contributed by atoms with Crippen LogP contribution in [0.5, 0.6) is 0 Å². The van der Waals surface area contributed by atoms with Gasteiger partial charge in [-0.1, -0.05) is 37.3 Å². The van der Waals surface area contributed by atoms with Gasteiger partial charge in [0.05, 0.1) is 6.04 Å². The minimum atomic E-state index is -0.144. The Labute approximate surface area is 123 Å². The summed E-state index contributed by atoms with van der Waals surface area (Å²) >= 11 is 0. The molecular formula is C17H28N2O. The van der Waals surface area contributed by atoms with Gasteiger partial charge in [0.15, 0.2) is 0 Å². The normalized spacial score (nSPS) is 15.4. The lowest BCUT2D eigenvalue weighted by atomic mass is 10.1. The molecule has 0 spiro atoms. The lowest BCUT2D eigenvalue weighted by molar-refractivity contribution is -0.123. The minimum Gasteiger partial charge on any atom is -0.352 e. The van der Waals surface area contributed by atoms with Crippen molar-refractivity contribution in [3.05, 3.63) is 35.9 Å². The highest BCUT2D eigenvalue weighted by molar-refractivity contribution is 5.81. The molecule has 1 aromatic carbocycles. The van der Waals surface area contributed by atoms with E-state index < -0.39 is 0 Å². The van der Waals surface area contributed by atoms with E-state index in [4.69, 9.17) is 0 Å². The van der Waals surface area contributed by atoms with Crippen molar-refractivity contribution in [2.24, 2.45) is 0 Å². The van der Waals surface area contributed by atoms with E-state index in [0.717, 1.165) is 19.3 Å². The van der Waals surface area contributed by atoms with Gasteiger partial charge >= 0.3 is 0 Å². The Morgan fingerprint density at radius 1 is 1.10 bits per heavy atom. The van der Waals surface area contributed by atoms with Crippen LogP contribution in [0.25, 0.3) is 0 Å². The van der Waals surface area contributed by atoms with Gasteiger partial charge < -0.3 is 10.6 Å². The third kappa shape index (κ3) is 6.20. The second kappa shape index (κ2) is 8.75. The zero-order valence-electron chi connectivity index (χ0n) is 13.1.